The predicted molar refractivity (Wildman–Crippen MR) is 76.1 cm³/mol. The van der Waals surface area contributed by atoms with Gasteiger partial charge in [-0.15, -0.1) is 0 Å². The van der Waals surface area contributed by atoms with Gasteiger partial charge in [-0.3, -0.25) is 0 Å². The first kappa shape index (κ1) is 13.5. The van der Waals surface area contributed by atoms with Crippen molar-refractivity contribution in [3.63, 3.8) is 0 Å². The number of hydrogen-bond acceptors (Lipinski definition) is 4. The highest BCUT2D eigenvalue weighted by molar-refractivity contribution is 6.30. The fraction of sp³-hybridized carbons (Fsp3) is 0.214. The van der Waals surface area contributed by atoms with Gasteiger partial charge in [-0.1, -0.05) is 17.7 Å². The third kappa shape index (κ3) is 3.51. The molecule has 1 aromatic carbocycles. The minimum absolute atomic E-state index is 0.601. The zero-order valence-corrected chi connectivity index (χ0v) is 11.6. The van der Waals surface area contributed by atoms with Crippen molar-refractivity contribution >= 4 is 17.3 Å². The smallest absolute Gasteiger partial charge is 0.212 e. The average Bonchev–Trinajstić information content (AvgIpc) is 2.46. The molecule has 100 valence electrons. The number of rotatable bonds is 5. The molecule has 0 saturated heterocycles. The molecule has 0 aliphatic carbocycles. The first-order valence-corrected chi connectivity index (χ1v) is 6.17. The fourth-order valence-corrected chi connectivity index (χ4v) is 1.82. The maximum Gasteiger partial charge on any atom is 0.212 e. The van der Waals surface area contributed by atoms with Crippen LogP contribution in [0.5, 0.6) is 11.6 Å². The number of anilines is 1. The van der Waals surface area contributed by atoms with Crippen LogP contribution in [0, 0.1) is 0 Å². The Balaban J connectivity index is 2.07. The first-order chi connectivity index (χ1) is 9.22. The summed E-state index contributed by atoms with van der Waals surface area (Å²) in [4.78, 5) is 4.15. The Hall–Kier alpha value is -1.94. The van der Waals surface area contributed by atoms with Crippen LogP contribution in [0.4, 0.5) is 5.69 Å². The van der Waals surface area contributed by atoms with E-state index in [-0.39, 0.29) is 0 Å². The van der Waals surface area contributed by atoms with Gasteiger partial charge >= 0.3 is 0 Å². The molecule has 0 spiro atoms. The predicted octanol–water partition coefficient (Wildman–Crippen LogP) is 3.36. The number of nitrogens with zero attached hydrogens (tertiary/aromatic N) is 1. The fourth-order valence-electron chi connectivity index (χ4n) is 1.65. The van der Waals surface area contributed by atoms with Crippen molar-refractivity contribution in [1.82, 2.24) is 4.98 Å². The maximum absolute atomic E-state index is 5.97. The van der Waals surface area contributed by atoms with E-state index < -0.39 is 0 Å². The van der Waals surface area contributed by atoms with Crippen LogP contribution in [0.2, 0.25) is 5.02 Å². The molecule has 0 unspecified atom stereocenters. The standard InChI is InChI=1S/C14H15ClN2O2/c1-18-13-5-4-11(15)7-12(13)16-8-10-3-6-14(19-2)17-9-10/h3-7,9,16H,8H2,1-2H3. The van der Waals surface area contributed by atoms with E-state index in [0.717, 1.165) is 17.0 Å². The lowest BCUT2D eigenvalue weighted by Gasteiger charge is -2.11. The molecule has 0 bridgehead atoms. The second-order valence-corrected chi connectivity index (χ2v) is 4.34. The summed E-state index contributed by atoms with van der Waals surface area (Å²) in [5.74, 6) is 1.36. The molecule has 0 radical (unpaired) electrons. The van der Waals surface area contributed by atoms with Crippen molar-refractivity contribution in [2.45, 2.75) is 6.54 Å². The molecular weight excluding hydrogens is 264 g/mol. The summed E-state index contributed by atoms with van der Waals surface area (Å²) in [5, 5.41) is 3.93. The van der Waals surface area contributed by atoms with Crippen LogP contribution in [0.25, 0.3) is 0 Å². The number of hydrogen-bond donors (Lipinski definition) is 1. The highest BCUT2D eigenvalue weighted by atomic mass is 35.5. The van der Waals surface area contributed by atoms with E-state index in [9.17, 15) is 0 Å². The second kappa shape index (κ2) is 6.29. The molecule has 0 fully saturated rings. The number of nitrogens with one attached hydrogen (secondary N) is 1. The number of ether oxygens (including phenoxy) is 2. The van der Waals surface area contributed by atoms with Gasteiger partial charge in [0.1, 0.15) is 5.75 Å². The van der Waals surface area contributed by atoms with Crippen molar-refractivity contribution in [2.24, 2.45) is 0 Å². The monoisotopic (exact) mass is 278 g/mol. The summed E-state index contributed by atoms with van der Waals surface area (Å²) in [5.41, 5.74) is 1.90. The molecular formula is C14H15ClN2O2. The summed E-state index contributed by atoms with van der Waals surface area (Å²) < 4.78 is 10.3. The summed E-state index contributed by atoms with van der Waals surface area (Å²) in [6, 6.07) is 9.23. The molecule has 0 saturated carbocycles. The quantitative estimate of drug-likeness (QED) is 0.911. The molecule has 2 rings (SSSR count). The number of benzene rings is 1. The van der Waals surface area contributed by atoms with Gasteiger partial charge in [0.25, 0.3) is 0 Å². The summed E-state index contributed by atoms with van der Waals surface area (Å²) >= 11 is 5.97. The van der Waals surface area contributed by atoms with Crippen molar-refractivity contribution < 1.29 is 9.47 Å². The SMILES string of the molecule is COc1ccc(CNc2cc(Cl)ccc2OC)cn1. The third-order valence-corrected chi connectivity index (χ3v) is 2.89. The molecule has 0 aliphatic rings. The second-order valence-electron chi connectivity index (χ2n) is 3.91. The lowest BCUT2D eigenvalue weighted by atomic mass is 10.2. The number of aromatic nitrogens is 1. The summed E-state index contributed by atoms with van der Waals surface area (Å²) in [6.45, 7) is 0.633. The van der Waals surface area contributed by atoms with Crippen molar-refractivity contribution in [1.29, 1.82) is 0 Å². The van der Waals surface area contributed by atoms with E-state index in [0.29, 0.717) is 17.4 Å². The van der Waals surface area contributed by atoms with Crippen LogP contribution < -0.4 is 14.8 Å². The van der Waals surface area contributed by atoms with Crippen LogP contribution in [0.15, 0.2) is 36.5 Å². The molecule has 1 N–H and O–H groups in total. The lowest BCUT2D eigenvalue weighted by Crippen LogP contribution is -2.02. The average molecular weight is 279 g/mol. The lowest BCUT2D eigenvalue weighted by molar-refractivity contribution is 0.397. The van der Waals surface area contributed by atoms with Crippen LogP contribution in [0.1, 0.15) is 5.56 Å². The Morgan fingerprint density at radius 2 is 2.00 bits per heavy atom. The Bertz CT molecular complexity index is 544. The van der Waals surface area contributed by atoms with Gasteiger partial charge in [0.05, 0.1) is 19.9 Å². The summed E-state index contributed by atoms with van der Waals surface area (Å²) in [7, 11) is 3.22. The minimum atomic E-state index is 0.601. The van der Waals surface area contributed by atoms with Crippen molar-refractivity contribution in [3.8, 4) is 11.6 Å². The molecule has 5 heteroatoms. The van der Waals surface area contributed by atoms with Gasteiger partial charge in [0, 0.05) is 23.8 Å². The zero-order chi connectivity index (χ0) is 13.7. The van der Waals surface area contributed by atoms with Crippen LogP contribution in [-0.2, 0) is 6.54 Å². The highest BCUT2D eigenvalue weighted by Crippen LogP contribution is 2.28. The molecule has 19 heavy (non-hydrogen) atoms. The van der Waals surface area contributed by atoms with E-state index in [1.54, 1.807) is 26.5 Å². The third-order valence-electron chi connectivity index (χ3n) is 2.65. The topological polar surface area (TPSA) is 43.4 Å². The van der Waals surface area contributed by atoms with Crippen LogP contribution >= 0.6 is 11.6 Å². The van der Waals surface area contributed by atoms with Crippen molar-refractivity contribution in [3.05, 3.63) is 47.1 Å². The van der Waals surface area contributed by atoms with Crippen molar-refractivity contribution in [2.75, 3.05) is 19.5 Å². The molecule has 1 aromatic heterocycles. The van der Waals surface area contributed by atoms with Gasteiger partial charge in [0.2, 0.25) is 5.88 Å². The Labute approximate surface area is 117 Å². The van der Waals surface area contributed by atoms with E-state index in [4.69, 9.17) is 21.1 Å². The molecule has 0 aliphatic heterocycles. The number of methoxy groups -OCH3 is 2. The summed E-state index contributed by atoms with van der Waals surface area (Å²) in [6.07, 6.45) is 1.77. The molecule has 1 heterocycles. The first-order valence-electron chi connectivity index (χ1n) is 5.79. The van der Waals surface area contributed by atoms with Gasteiger partial charge in [-0.05, 0) is 23.8 Å². The van der Waals surface area contributed by atoms with Gasteiger partial charge in [-0.2, -0.15) is 0 Å². The molecule has 2 aromatic rings. The molecule has 0 amide bonds. The van der Waals surface area contributed by atoms with Gasteiger partial charge in [-0.25, -0.2) is 4.98 Å². The van der Waals surface area contributed by atoms with Crippen LogP contribution in [-0.4, -0.2) is 19.2 Å². The van der Waals surface area contributed by atoms with Gasteiger partial charge < -0.3 is 14.8 Å². The van der Waals surface area contributed by atoms with Crippen LogP contribution in [0.3, 0.4) is 0 Å². The van der Waals surface area contributed by atoms with E-state index in [2.05, 4.69) is 10.3 Å². The minimum Gasteiger partial charge on any atom is -0.495 e. The molecule has 4 nitrogen and oxygen atoms in total. The molecule has 0 atom stereocenters. The normalized spacial score (nSPS) is 10.1. The van der Waals surface area contributed by atoms with E-state index in [1.165, 1.54) is 0 Å². The largest absolute Gasteiger partial charge is 0.495 e. The highest BCUT2D eigenvalue weighted by Gasteiger charge is 2.03. The zero-order valence-electron chi connectivity index (χ0n) is 10.8. The van der Waals surface area contributed by atoms with E-state index in [1.807, 2.05) is 24.3 Å². The Morgan fingerprint density at radius 1 is 1.16 bits per heavy atom. The number of halogens is 1. The van der Waals surface area contributed by atoms with Gasteiger partial charge in [0.15, 0.2) is 0 Å². The maximum atomic E-state index is 5.97. The number of pyridine rings is 1. The van der Waals surface area contributed by atoms with E-state index >= 15 is 0 Å². The Morgan fingerprint density at radius 3 is 2.63 bits per heavy atom. The Kier molecular flexibility index (Phi) is 4.47.